The van der Waals surface area contributed by atoms with Crippen LogP contribution < -0.4 is 5.56 Å². The van der Waals surface area contributed by atoms with Crippen molar-refractivity contribution in [1.82, 2.24) is 14.5 Å². The number of ether oxygens (including phenoxy) is 1. The number of unbranched alkanes of at least 4 members (excludes halogenated alkanes) is 3. The van der Waals surface area contributed by atoms with Crippen LogP contribution in [0.3, 0.4) is 0 Å². The zero-order chi connectivity index (χ0) is 22.2. The molecule has 1 aliphatic rings. The van der Waals surface area contributed by atoms with Crippen molar-refractivity contribution < 1.29 is 9.53 Å². The molecule has 1 aromatic carbocycles. The Hall–Kier alpha value is -2.21. The van der Waals surface area contributed by atoms with E-state index in [2.05, 4.69) is 6.92 Å². The summed E-state index contributed by atoms with van der Waals surface area (Å²) in [6.07, 6.45) is 8.62. The van der Waals surface area contributed by atoms with Crippen LogP contribution in [0.1, 0.15) is 77.1 Å². The lowest BCUT2D eigenvalue weighted by Gasteiger charge is -2.32. The minimum Gasteiger partial charge on any atom is -0.383 e. The highest BCUT2D eigenvalue weighted by molar-refractivity contribution is 5.80. The third-order valence-corrected chi connectivity index (χ3v) is 6.49. The maximum Gasteiger partial charge on any atom is 0.261 e. The van der Waals surface area contributed by atoms with Gasteiger partial charge in [-0.05, 0) is 38.3 Å². The van der Waals surface area contributed by atoms with Crippen LogP contribution in [0.25, 0.3) is 10.9 Å². The van der Waals surface area contributed by atoms with Crippen LogP contribution in [0, 0.1) is 5.92 Å². The van der Waals surface area contributed by atoms with Crippen LogP contribution >= 0.6 is 0 Å². The molecule has 170 valence electrons. The second kappa shape index (κ2) is 11.4. The van der Waals surface area contributed by atoms with Crippen molar-refractivity contribution in [1.29, 1.82) is 0 Å². The molecule has 6 nitrogen and oxygen atoms in total. The average molecular weight is 428 g/mol. The number of hydrogen-bond acceptors (Lipinski definition) is 4. The van der Waals surface area contributed by atoms with E-state index in [0.717, 1.165) is 44.9 Å². The van der Waals surface area contributed by atoms with Gasteiger partial charge in [0.15, 0.2) is 0 Å². The normalized spacial score (nSPS) is 15.5. The lowest BCUT2D eigenvalue weighted by molar-refractivity contribution is -0.138. The summed E-state index contributed by atoms with van der Waals surface area (Å²) in [5, 5.41) is 0.603. The van der Waals surface area contributed by atoms with Gasteiger partial charge in [0.1, 0.15) is 5.82 Å². The van der Waals surface area contributed by atoms with E-state index < -0.39 is 0 Å². The van der Waals surface area contributed by atoms with Crippen molar-refractivity contribution >= 4 is 16.8 Å². The fourth-order valence-corrected chi connectivity index (χ4v) is 4.65. The number of aromatic nitrogens is 2. The van der Waals surface area contributed by atoms with Gasteiger partial charge in [0.25, 0.3) is 5.56 Å². The van der Waals surface area contributed by atoms with E-state index in [9.17, 15) is 9.59 Å². The fraction of sp³-hybridized carbons (Fsp3) is 0.640. The first kappa shape index (κ1) is 23.5. The van der Waals surface area contributed by atoms with Gasteiger partial charge in [-0.15, -0.1) is 0 Å². The second-order valence-corrected chi connectivity index (χ2v) is 8.69. The van der Waals surface area contributed by atoms with Crippen LogP contribution in [0.5, 0.6) is 0 Å². The predicted molar refractivity (Wildman–Crippen MR) is 124 cm³/mol. The van der Waals surface area contributed by atoms with E-state index in [0.29, 0.717) is 36.4 Å². The first-order valence-corrected chi connectivity index (χ1v) is 11.9. The van der Waals surface area contributed by atoms with Crippen molar-refractivity contribution in [3.63, 3.8) is 0 Å². The Labute approximate surface area is 185 Å². The number of hydrogen-bond donors (Lipinski definition) is 0. The van der Waals surface area contributed by atoms with E-state index in [4.69, 9.17) is 9.72 Å². The Morgan fingerprint density at radius 1 is 1.23 bits per heavy atom. The van der Waals surface area contributed by atoms with E-state index in [1.54, 1.807) is 11.7 Å². The molecule has 31 heavy (non-hydrogen) atoms. The average Bonchev–Trinajstić information content (AvgIpc) is 3.33. The van der Waals surface area contributed by atoms with Gasteiger partial charge in [0, 0.05) is 19.6 Å². The lowest BCUT2D eigenvalue weighted by Crippen LogP contribution is -2.41. The molecule has 1 aliphatic carbocycles. The minimum atomic E-state index is -0.260. The van der Waals surface area contributed by atoms with Crippen molar-refractivity contribution in [2.75, 3.05) is 20.3 Å². The fourth-order valence-electron chi connectivity index (χ4n) is 4.65. The van der Waals surface area contributed by atoms with Gasteiger partial charge in [0.05, 0.1) is 30.1 Å². The zero-order valence-electron chi connectivity index (χ0n) is 19.3. The summed E-state index contributed by atoms with van der Waals surface area (Å²) in [6, 6.07) is 7.18. The summed E-state index contributed by atoms with van der Waals surface area (Å²) >= 11 is 0. The lowest BCUT2D eigenvalue weighted by atomic mass is 10.0. The summed E-state index contributed by atoms with van der Waals surface area (Å²) in [7, 11) is 1.63. The van der Waals surface area contributed by atoms with Gasteiger partial charge < -0.3 is 9.64 Å². The molecule has 0 bridgehead atoms. The van der Waals surface area contributed by atoms with Crippen molar-refractivity contribution in [2.24, 2.45) is 5.92 Å². The standard InChI is InChI=1S/C25H37N3O3/c1-4-5-6-11-16-27(24(29)20-12-7-8-13-20)19(2)23-26-22-15-10-9-14-21(22)25(30)28(23)17-18-31-3/h9-10,14-15,19-20H,4-8,11-13,16-18H2,1-3H3. The maximum atomic E-state index is 13.5. The highest BCUT2D eigenvalue weighted by Gasteiger charge is 2.32. The predicted octanol–water partition coefficient (Wildman–Crippen LogP) is 4.70. The molecule has 0 N–H and O–H groups in total. The molecule has 3 rings (SSSR count). The molecule has 0 spiro atoms. The van der Waals surface area contributed by atoms with Crippen LogP contribution in [-0.2, 0) is 16.1 Å². The third-order valence-electron chi connectivity index (χ3n) is 6.49. The molecule has 0 aliphatic heterocycles. The second-order valence-electron chi connectivity index (χ2n) is 8.69. The highest BCUT2D eigenvalue weighted by atomic mass is 16.5. The topological polar surface area (TPSA) is 64.4 Å². The number of fused-ring (bicyclic) bond motifs is 1. The molecule has 1 saturated carbocycles. The van der Waals surface area contributed by atoms with Crippen molar-refractivity contribution in [3.8, 4) is 0 Å². The van der Waals surface area contributed by atoms with E-state index in [1.165, 1.54) is 6.42 Å². The molecule has 6 heteroatoms. The largest absolute Gasteiger partial charge is 0.383 e. The monoisotopic (exact) mass is 427 g/mol. The van der Waals surface area contributed by atoms with Gasteiger partial charge in [-0.3, -0.25) is 14.2 Å². The Morgan fingerprint density at radius 2 is 1.97 bits per heavy atom. The van der Waals surface area contributed by atoms with Gasteiger partial charge in [-0.1, -0.05) is 51.2 Å². The zero-order valence-corrected chi connectivity index (χ0v) is 19.3. The molecule has 1 aromatic heterocycles. The smallest absolute Gasteiger partial charge is 0.261 e. The molecule has 1 amide bonds. The molecule has 1 unspecified atom stereocenters. The number of amides is 1. The van der Waals surface area contributed by atoms with Crippen LogP contribution in [0.15, 0.2) is 29.1 Å². The number of carbonyl (C=O) groups excluding carboxylic acids is 1. The number of carbonyl (C=O) groups is 1. The van der Waals surface area contributed by atoms with Crippen molar-refractivity contribution in [2.45, 2.75) is 77.8 Å². The van der Waals surface area contributed by atoms with Crippen LogP contribution in [0.4, 0.5) is 0 Å². The number of rotatable bonds is 11. The molecule has 1 fully saturated rings. The Morgan fingerprint density at radius 3 is 2.68 bits per heavy atom. The van der Waals surface area contributed by atoms with E-state index in [1.807, 2.05) is 36.1 Å². The Kier molecular flexibility index (Phi) is 8.64. The van der Waals surface area contributed by atoms with Crippen LogP contribution in [0.2, 0.25) is 0 Å². The Bertz CT molecular complexity index is 918. The first-order valence-electron chi connectivity index (χ1n) is 11.9. The molecular weight excluding hydrogens is 390 g/mol. The highest BCUT2D eigenvalue weighted by Crippen LogP contribution is 2.30. The first-order chi connectivity index (χ1) is 15.1. The quantitative estimate of drug-likeness (QED) is 0.488. The van der Waals surface area contributed by atoms with Gasteiger partial charge in [0.2, 0.25) is 5.91 Å². The summed E-state index contributed by atoms with van der Waals surface area (Å²) in [5.41, 5.74) is 0.617. The summed E-state index contributed by atoms with van der Waals surface area (Å²) < 4.78 is 6.97. The molecule has 0 saturated heterocycles. The van der Waals surface area contributed by atoms with E-state index >= 15 is 0 Å². The maximum absolute atomic E-state index is 13.5. The Balaban J connectivity index is 1.98. The van der Waals surface area contributed by atoms with E-state index in [-0.39, 0.29) is 23.4 Å². The number of nitrogens with zero attached hydrogens (tertiary/aromatic N) is 3. The molecular formula is C25H37N3O3. The number of para-hydroxylation sites is 1. The van der Waals surface area contributed by atoms with Crippen LogP contribution in [-0.4, -0.2) is 40.6 Å². The summed E-state index contributed by atoms with van der Waals surface area (Å²) in [5.74, 6) is 0.984. The SMILES string of the molecule is CCCCCCN(C(=O)C1CCCC1)C(C)c1nc2ccccc2c(=O)n1CCOC. The van der Waals surface area contributed by atoms with Gasteiger partial charge in [-0.2, -0.15) is 0 Å². The van der Waals surface area contributed by atoms with Gasteiger partial charge >= 0.3 is 0 Å². The number of methoxy groups -OCH3 is 1. The molecule has 1 heterocycles. The van der Waals surface area contributed by atoms with Gasteiger partial charge in [-0.25, -0.2) is 4.98 Å². The number of benzene rings is 1. The molecule has 1 atom stereocenters. The molecule has 0 radical (unpaired) electrons. The minimum absolute atomic E-state index is 0.0660. The summed E-state index contributed by atoms with van der Waals surface area (Å²) in [4.78, 5) is 33.6. The molecule has 2 aromatic rings. The summed E-state index contributed by atoms with van der Waals surface area (Å²) in [6.45, 7) is 5.77. The van der Waals surface area contributed by atoms with Crippen molar-refractivity contribution in [3.05, 3.63) is 40.4 Å². The third kappa shape index (κ3) is 5.53.